The topological polar surface area (TPSA) is 9.23 Å². The van der Waals surface area contributed by atoms with E-state index in [1.165, 1.54) is 19.2 Å². The third kappa shape index (κ3) is 4.02. The molecule has 16 heavy (non-hydrogen) atoms. The van der Waals surface area contributed by atoms with Gasteiger partial charge in [-0.15, -0.1) is 11.6 Å². The van der Waals surface area contributed by atoms with Crippen LogP contribution in [0.15, 0.2) is 24.3 Å². The molecule has 1 atom stereocenters. The van der Waals surface area contributed by atoms with Crippen molar-refractivity contribution in [1.82, 2.24) is 0 Å². The molecule has 1 unspecified atom stereocenters. The van der Waals surface area contributed by atoms with Crippen LogP contribution in [0.4, 0.5) is 13.2 Å². The van der Waals surface area contributed by atoms with E-state index in [-0.39, 0.29) is 5.38 Å². The van der Waals surface area contributed by atoms with E-state index in [0.29, 0.717) is 13.0 Å². The molecule has 0 aliphatic carbocycles. The molecule has 0 aliphatic rings. The van der Waals surface area contributed by atoms with Crippen LogP contribution in [-0.2, 0) is 17.3 Å². The van der Waals surface area contributed by atoms with E-state index >= 15 is 0 Å². The van der Waals surface area contributed by atoms with Crippen LogP contribution in [0.2, 0.25) is 0 Å². The number of methoxy groups -OCH3 is 1. The van der Waals surface area contributed by atoms with Crippen molar-refractivity contribution in [2.24, 2.45) is 0 Å². The summed E-state index contributed by atoms with van der Waals surface area (Å²) >= 11 is 5.90. The van der Waals surface area contributed by atoms with Gasteiger partial charge in [-0.05, 0) is 24.1 Å². The molecule has 0 radical (unpaired) electrons. The Morgan fingerprint density at radius 2 is 1.81 bits per heavy atom. The first-order valence-corrected chi connectivity index (χ1v) is 5.16. The first-order chi connectivity index (χ1) is 7.43. The number of alkyl halides is 4. The normalized spacial score (nSPS) is 13.8. The van der Waals surface area contributed by atoms with Crippen molar-refractivity contribution in [1.29, 1.82) is 0 Å². The molecule has 0 heterocycles. The van der Waals surface area contributed by atoms with Gasteiger partial charge in [0.25, 0.3) is 0 Å². The third-order valence-electron chi connectivity index (χ3n) is 2.09. The molecule has 90 valence electrons. The van der Waals surface area contributed by atoms with Gasteiger partial charge in [0.2, 0.25) is 0 Å². The number of benzene rings is 1. The lowest BCUT2D eigenvalue weighted by Crippen LogP contribution is -2.11. The Kier molecular flexibility index (Phi) is 4.62. The van der Waals surface area contributed by atoms with E-state index in [9.17, 15) is 13.2 Å². The fourth-order valence-corrected chi connectivity index (χ4v) is 1.63. The maximum atomic E-state index is 12.3. The first kappa shape index (κ1) is 13.3. The van der Waals surface area contributed by atoms with Crippen LogP contribution in [0.1, 0.15) is 11.1 Å². The van der Waals surface area contributed by atoms with Crippen LogP contribution in [0.3, 0.4) is 0 Å². The van der Waals surface area contributed by atoms with Crippen molar-refractivity contribution in [2.45, 2.75) is 18.0 Å². The number of hydrogen-bond acceptors (Lipinski definition) is 1. The highest BCUT2D eigenvalue weighted by Crippen LogP contribution is 2.29. The Hall–Kier alpha value is -0.740. The second-order valence-corrected chi connectivity index (χ2v) is 4.07. The van der Waals surface area contributed by atoms with Gasteiger partial charge in [0.1, 0.15) is 0 Å². The van der Waals surface area contributed by atoms with Crippen molar-refractivity contribution in [2.75, 3.05) is 13.7 Å². The number of halogens is 4. The van der Waals surface area contributed by atoms with Crippen molar-refractivity contribution >= 4 is 11.6 Å². The molecule has 0 N–H and O–H groups in total. The molecule has 0 fully saturated rings. The zero-order chi connectivity index (χ0) is 12.2. The van der Waals surface area contributed by atoms with E-state index < -0.39 is 11.7 Å². The van der Waals surface area contributed by atoms with Gasteiger partial charge in [0.15, 0.2) is 0 Å². The maximum Gasteiger partial charge on any atom is 0.416 e. The van der Waals surface area contributed by atoms with E-state index in [1.54, 1.807) is 0 Å². The summed E-state index contributed by atoms with van der Waals surface area (Å²) in [6.45, 7) is 0.378. The van der Waals surface area contributed by atoms with Crippen LogP contribution in [0.25, 0.3) is 0 Å². The Bertz CT molecular complexity index is 321. The lowest BCUT2D eigenvalue weighted by Gasteiger charge is -2.10. The predicted octanol–water partition coefficient (Wildman–Crippen LogP) is 3.50. The van der Waals surface area contributed by atoms with Gasteiger partial charge >= 0.3 is 6.18 Å². The molecular weight excluding hydrogens is 241 g/mol. The van der Waals surface area contributed by atoms with Crippen LogP contribution in [0.5, 0.6) is 0 Å². The summed E-state index contributed by atoms with van der Waals surface area (Å²) < 4.78 is 41.6. The van der Waals surface area contributed by atoms with Gasteiger partial charge in [0, 0.05) is 7.11 Å². The van der Waals surface area contributed by atoms with Gasteiger partial charge < -0.3 is 4.74 Å². The molecule has 1 nitrogen and oxygen atoms in total. The summed E-state index contributed by atoms with van der Waals surface area (Å²) in [5.74, 6) is 0. The highest BCUT2D eigenvalue weighted by atomic mass is 35.5. The summed E-state index contributed by atoms with van der Waals surface area (Å²) in [4.78, 5) is 0. The average molecular weight is 253 g/mol. The van der Waals surface area contributed by atoms with E-state index in [0.717, 1.165) is 17.7 Å². The molecule has 0 aromatic heterocycles. The molecule has 0 saturated carbocycles. The second kappa shape index (κ2) is 5.55. The smallest absolute Gasteiger partial charge is 0.383 e. The molecule has 0 spiro atoms. The Labute approximate surface area is 97.2 Å². The van der Waals surface area contributed by atoms with Crippen LogP contribution >= 0.6 is 11.6 Å². The average Bonchev–Trinajstić information content (AvgIpc) is 2.17. The number of ether oxygens (including phenoxy) is 1. The molecule has 1 aromatic rings. The SMILES string of the molecule is COCC(Cl)Cc1ccc(C(F)(F)F)cc1. The predicted molar refractivity (Wildman–Crippen MR) is 56.7 cm³/mol. The lowest BCUT2D eigenvalue weighted by molar-refractivity contribution is -0.137. The Morgan fingerprint density at radius 3 is 2.25 bits per heavy atom. The molecule has 0 bridgehead atoms. The second-order valence-electron chi connectivity index (χ2n) is 3.45. The monoisotopic (exact) mass is 252 g/mol. The number of rotatable bonds is 4. The van der Waals surface area contributed by atoms with Gasteiger partial charge in [-0.25, -0.2) is 0 Å². The minimum atomic E-state index is -4.29. The molecule has 1 aromatic carbocycles. The molecular formula is C11H12ClF3O. The van der Waals surface area contributed by atoms with Crippen LogP contribution in [-0.4, -0.2) is 19.1 Å². The van der Waals surface area contributed by atoms with Crippen LogP contribution < -0.4 is 0 Å². The fourth-order valence-electron chi connectivity index (χ4n) is 1.33. The molecule has 0 saturated heterocycles. The van der Waals surface area contributed by atoms with Gasteiger partial charge in [-0.1, -0.05) is 12.1 Å². The first-order valence-electron chi connectivity index (χ1n) is 4.72. The van der Waals surface area contributed by atoms with E-state index in [2.05, 4.69) is 0 Å². The zero-order valence-corrected chi connectivity index (χ0v) is 9.48. The quantitative estimate of drug-likeness (QED) is 0.746. The van der Waals surface area contributed by atoms with Crippen molar-refractivity contribution in [3.05, 3.63) is 35.4 Å². The van der Waals surface area contributed by atoms with Gasteiger partial charge in [-0.2, -0.15) is 13.2 Å². The molecule has 5 heteroatoms. The summed E-state index contributed by atoms with van der Waals surface area (Å²) in [5.41, 5.74) is 0.124. The highest BCUT2D eigenvalue weighted by Gasteiger charge is 2.29. The van der Waals surface area contributed by atoms with Crippen molar-refractivity contribution in [3.63, 3.8) is 0 Å². The largest absolute Gasteiger partial charge is 0.416 e. The maximum absolute atomic E-state index is 12.3. The Balaban J connectivity index is 2.65. The van der Waals surface area contributed by atoms with Gasteiger partial charge in [-0.3, -0.25) is 0 Å². The molecule has 0 amide bonds. The van der Waals surface area contributed by atoms with E-state index in [1.807, 2.05) is 0 Å². The highest BCUT2D eigenvalue weighted by molar-refractivity contribution is 6.20. The van der Waals surface area contributed by atoms with Crippen molar-refractivity contribution < 1.29 is 17.9 Å². The summed E-state index contributed by atoms with van der Waals surface area (Å²) in [5, 5.41) is -0.221. The van der Waals surface area contributed by atoms with Crippen LogP contribution in [0, 0.1) is 0 Å². The minimum absolute atomic E-state index is 0.221. The third-order valence-corrected chi connectivity index (χ3v) is 2.37. The Morgan fingerprint density at radius 1 is 1.25 bits per heavy atom. The van der Waals surface area contributed by atoms with E-state index in [4.69, 9.17) is 16.3 Å². The summed E-state index contributed by atoms with van der Waals surface area (Å²) in [6.07, 6.45) is -3.79. The fraction of sp³-hybridized carbons (Fsp3) is 0.455. The van der Waals surface area contributed by atoms with Gasteiger partial charge in [0.05, 0.1) is 17.5 Å². The van der Waals surface area contributed by atoms with Crippen molar-refractivity contribution in [3.8, 4) is 0 Å². The standard InChI is InChI=1S/C11H12ClF3O/c1-16-7-10(12)6-8-2-4-9(5-3-8)11(13,14)15/h2-5,10H,6-7H2,1H3. The molecule has 1 rings (SSSR count). The molecule has 0 aliphatic heterocycles. The zero-order valence-electron chi connectivity index (χ0n) is 8.72. The summed E-state index contributed by atoms with van der Waals surface area (Å²) in [7, 11) is 1.53. The summed E-state index contributed by atoms with van der Waals surface area (Å²) in [6, 6.07) is 5.00. The minimum Gasteiger partial charge on any atom is -0.383 e. The lowest BCUT2D eigenvalue weighted by atomic mass is 10.1. The number of hydrogen-bond donors (Lipinski definition) is 0.